The van der Waals surface area contributed by atoms with Gasteiger partial charge in [0.05, 0.1) is 5.69 Å². The summed E-state index contributed by atoms with van der Waals surface area (Å²) in [5, 5.41) is 0.984. The van der Waals surface area contributed by atoms with Crippen molar-refractivity contribution in [3.05, 3.63) is 65.9 Å². The summed E-state index contributed by atoms with van der Waals surface area (Å²) >= 11 is 0. The summed E-state index contributed by atoms with van der Waals surface area (Å²) < 4.78 is 11.2. The Hall–Kier alpha value is -2.75. The van der Waals surface area contributed by atoms with Crippen LogP contribution in [0.5, 0.6) is 5.75 Å². The van der Waals surface area contributed by atoms with E-state index in [4.69, 9.17) is 9.47 Å². The van der Waals surface area contributed by atoms with Gasteiger partial charge in [0, 0.05) is 17.8 Å². The van der Waals surface area contributed by atoms with Crippen LogP contribution < -0.4 is 4.74 Å². The number of aromatic nitrogens is 1. The van der Waals surface area contributed by atoms with E-state index >= 15 is 0 Å². The van der Waals surface area contributed by atoms with Gasteiger partial charge in [0.1, 0.15) is 18.5 Å². The van der Waals surface area contributed by atoms with Crippen molar-refractivity contribution >= 4 is 16.9 Å². The summed E-state index contributed by atoms with van der Waals surface area (Å²) in [6.07, 6.45) is -0.318. The standard InChI is InChI=1S/C19H19NO3/c1-13(23-14(2)21)18-11-16-17(20-18)9-6-10-19(16)22-12-15-7-4-3-5-8-15/h3-11,13,20H,12H2,1-2H3/t13-/m0/s1. The highest BCUT2D eigenvalue weighted by molar-refractivity contribution is 5.86. The van der Waals surface area contributed by atoms with Crippen molar-refractivity contribution in [1.29, 1.82) is 0 Å². The third-order valence-corrected chi connectivity index (χ3v) is 3.66. The summed E-state index contributed by atoms with van der Waals surface area (Å²) in [6, 6.07) is 17.9. The fourth-order valence-electron chi connectivity index (χ4n) is 2.54. The topological polar surface area (TPSA) is 51.3 Å². The monoisotopic (exact) mass is 309 g/mol. The van der Waals surface area contributed by atoms with E-state index in [1.165, 1.54) is 6.92 Å². The minimum Gasteiger partial charge on any atom is -0.488 e. The molecule has 4 heteroatoms. The lowest BCUT2D eigenvalue weighted by atomic mass is 10.2. The van der Waals surface area contributed by atoms with Crippen LogP contribution in [-0.4, -0.2) is 11.0 Å². The van der Waals surface area contributed by atoms with Crippen molar-refractivity contribution in [2.75, 3.05) is 0 Å². The highest BCUT2D eigenvalue weighted by Crippen LogP contribution is 2.30. The molecule has 1 atom stereocenters. The maximum Gasteiger partial charge on any atom is 0.303 e. The molecular formula is C19H19NO3. The third-order valence-electron chi connectivity index (χ3n) is 3.66. The summed E-state index contributed by atoms with van der Waals surface area (Å²) in [5.41, 5.74) is 2.93. The lowest BCUT2D eigenvalue weighted by Crippen LogP contribution is -2.04. The smallest absolute Gasteiger partial charge is 0.303 e. The maximum atomic E-state index is 11.1. The van der Waals surface area contributed by atoms with Crippen molar-refractivity contribution in [1.82, 2.24) is 4.98 Å². The van der Waals surface area contributed by atoms with E-state index in [2.05, 4.69) is 4.98 Å². The van der Waals surface area contributed by atoms with E-state index in [1.807, 2.05) is 61.5 Å². The summed E-state index contributed by atoms with van der Waals surface area (Å²) in [6.45, 7) is 3.77. The van der Waals surface area contributed by atoms with Gasteiger partial charge in [-0.2, -0.15) is 0 Å². The summed E-state index contributed by atoms with van der Waals surface area (Å²) in [4.78, 5) is 14.4. The van der Waals surface area contributed by atoms with Crippen LogP contribution in [0.2, 0.25) is 0 Å². The summed E-state index contributed by atoms with van der Waals surface area (Å²) in [7, 11) is 0. The Morgan fingerprint density at radius 2 is 1.91 bits per heavy atom. The Kier molecular flexibility index (Phi) is 4.33. The van der Waals surface area contributed by atoms with Gasteiger partial charge in [-0.3, -0.25) is 4.79 Å². The molecule has 0 saturated carbocycles. The Labute approximate surface area is 135 Å². The molecule has 0 bridgehead atoms. The molecule has 0 radical (unpaired) electrons. The number of hydrogen-bond donors (Lipinski definition) is 1. The number of rotatable bonds is 5. The third kappa shape index (κ3) is 3.54. The van der Waals surface area contributed by atoms with Gasteiger partial charge >= 0.3 is 5.97 Å². The molecule has 0 aliphatic rings. The van der Waals surface area contributed by atoms with Gasteiger partial charge in [-0.1, -0.05) is 36.4 Å². The van der Waals surface area contributed by atoms with Crippen LogP contribution in [-0.2, 0) is 16.1 Å². The maximum absolute atomic E-state index is 11.1. The number of fused-ring (bicyclic) bond motifs is 1. The molecule has 0 fully saturated rings. The van der Waals surface area contributed by atoms with Crippen molar-refractivity contribution in [3.63, 3.8) is 0 Å². The van der Waals surface area contributed by atoms with E-state index in [-0.39, 0.29) is 12.1 Å². The van der Waals surface area contributed by atoms with E-state index in [1.54, 1.807) is 0 Å². The largest absolute Gasteiger partial charge is 0.488 e. The zero-order chi connectivity index (χ0) is 16.2. The molecule has 0 aliphatic carbocycles. The molecule has 0 spiro atoms. The minimum atomic E-state index is -0.318. The van der Waals surface area contributed by atoms with Crippen LogP contribution in [0.3, 0.4) is 0 Å². The second kappa shape index (κ2) is 6.57. The highest BCUT2D eigenvalue weighted by atomic mass is 16.5. The predicted octanol–water partition coefficient (Wildman–Crippen LogP) is 4.37. The van der Waals surface area contributed by atoms with Crippen LogP contribution in [0.1, 0.15) is 31.2 Å². The van der Waals surface area contributed by atoms with Crippen LogP contribution in [0.15, 0.2) is 54.6 Å². The number of ether oxygens (including phenoxy) is 2. The average Bonchev–Trinajstić information content (AvgIpc) is 2.98. The van der Waals surface area contributed by atoms with Gasteiger partial charge in [-0.25, -0.2) is 0 Å². The minimum absolute atomic E-state index is 0.295. The molecule has 2 aromatic carbocycles. The van der Waals surface area contributed by atoms with E-state index in [0.717, 1.165) is 27.9 Å². The molecule has 0 saturated heterocycles. The number of benzene rings is 2. The molecule has 0 amide bonds. The van der Waals surface area contributed by atoms with Crippen LogP contribution in [0, 0.1) is 0 Å². The number of carbonyl (C=O) groups is 1. The Balaban J connectivity index is 1.83. The molecule has 4 nitrogen and oxygen atoms in total. The second-order valence-corrected chi connectivity index (χ2v) is 5.47. The first-order valence-corrected chi connectivity index (χ1v) is 7.59. The number of hydrogen-bond acceptors (Lipinski definition) is 3. The van der Waals surface area contributed by atoms with Gasteiger partial charge in [-0.15, -0.1) is 0 Å². The Bertz CT molecular complexity index is 808. The van der Waals surface area contributed by atoms with Crippen LogP contribution in [0.25, 0.3) is 10.9 Å². The first-order chi connectivity index (χ1) is 11.1. The lowest BCUT2D eigenvalue weighted by Gasteiger charge is -2.09. The van der Waals surface area contributed by atoms with Crippen LogP contribution in [0.4, 0.5) is 0 Å². The average molecular weight is 309 g/mol. The fraction of sp³-hybridized carbons (Fsp3) is 0.211. The molecule has 0 aliphatic heterocycles. The molecule has 3 rings (SSSR count). The second-order valence-electron chi connectivity index (χ2n) is 5.47. The number of aromatic amines is 1. The number of nitrogens with one attached hydrogen (secondary N) is 1. The Morgan fingerprint density at radius 3 is 2.65 bits per heavy atom. The SMILES string of the molecule is CC(=O)O[C@@H](C)c1cc2c(OCc3ccccc3)cccc2[nH]1. The first-order valence-electron chi connectivity index (χ1n) is 7.59. The van der Waals surface area contributed by atoms with Crippen molar-refractivity contribution in [3.8, 4) is 5.75 Å². The van der Waals surface area contributed by atoms with Gasteiger partial charge in [-0.05, 0) is 30.7 Å². The molecule has 23 heavy (non-hydrogen) atoms. The van der Waals surface area contributed by atoms with Crippen molar-refractivity contribution in [2.24, 2.45) is 0 Å². The molecule has 1 heterocycles. The molecule has 1 N–H and O–H groups in total. The molecule has 3 aromatic rings. The van der Waals surface area contributed by atoms with Gasteiger partial charge in [0.25, 0.3) is 0 Å². The molecule has 118 valence electrons. The summed E-state index contributed by atoms with van der Waals surface area (Å²) in [5.74, 6) is 0.514. The Morgan fingerprint density at radius 1 is 1.13 bits per heavy atom. The van der Waals surface area contributed by atoms with E-state index in [9.17, 15) is 4.79 Å². The van der Waals surface area contributed by atoms with Crippen molar-refractivity contribution in [2.45, 2.75) is 26.6 Å². The molecule has 0 unspecified atom stereocenters. The van der Waals surface area contributed by atoms with Gasteiger partial charge in [0.2, 0.25) is 0 Å². The zero-order valence-corrected chi connectivity index (χ0v) is 13.2. The van der Waals surface area contributed by atoms with Gasteiger partial charge < -0.3 is 14.5 Å². The quantitative estimate of drug-likeness (QED) is 0.712. The lowest BCUT2D eigenvalue weighted by molar-refractivity contribution is -0.145. The van der Waals surface area contributed by atoms with Crippen molar-refractivity contribution < 1.29 is 14.3 Å². The van der Waals surface area contributed by atoms with Crippen LogP contribution >= 0.6 is 0 Å². The van der Waals surface area contributed by atoms with Gasteiger partial charge in [0.15, 0.2) is 0 Å². The normalized spacial score (nSPS) is 12.1. The number of carbonyl (C=O) groups excluding carboxylic acids is 1. The van der Waals surface area contributed by atoms with E-state index < -0.39 is 0 Å². The zero-order valence-electron chi connectivity index (χ0n) is 13.2. The molecule has 1 aromatic heterocycles. The number of esters is 1. The highest BCUT2D eigenvalue weighted by Gasteiger charge is 2.13. The predicted molar refractivity (Wildman–Crippen MR) is 89.3 cm³/mol. The van der Waals surface area contributed by atoms with E-state index in [0.29, 0.717) is 6.61 Å². The number of H-pyrrole nitrogens is 1. The molecular weight excluding hydrogens is 290 g/mol. The first kappa shape index (κ1) is 15.2. The fourth-order valence-corrected chi connectivity index (χ4v) is 2.54.